The van der Waals surface area contributed by atoms with Gasteiger partial charge in [0, 0.05) is 6.54 Å². The minimum atomic E-state index is -4.40. The van der Waals surface area contributed by atoms with E-state index in [-0.39, 0.29) is 19.6 Å². The number of hydrogen-bond acceptors (Lipinski definition) is 7. The van der Waals surface area contributed by atoms with Gasteiger partial charge in [-0.2, -0.15) is 0 Å². The molecule has 0 aromatic heterocycles. The number of aliphatic hydroxyl groups is 2. The summed E-state index contributed by atoms with van der Waals surface area (Å²) in [7, 11) is -4.40. The highest BCUT2D eigenvalue weighted by Gasteiger charge is 2.27. The summed E-state index contributed by atoms with van der Waals surface area (Å²) in [6, 6.07) is -1.00. The lowest BCUT2D eigenvalue weighted by molar-refractivity contribution is -0.124. The first-order chi connectivity index (χ1) is 23.3. The van der Waals surface area contributed by atoms with Crippen LogP contribution >= 0.6 is 7.82 Å². The second-order valence-corrected chi connectivity index (χ2v) is 14.4. The summed E-state index contributed by atoms with van der Waals surface area (Å²) < 4.78 is 21.9. The van der Waals surface area contributed by atoms with E-state index in [1.54, 1.807) is 6.08 Å². The van der Waals surface area contributed by atoms with Crippen LogP contribution in [0.2, 0.25) is 0 Å². The third-order valence-electron chi connectivity index (χ3n) is 8.25. The number of nitrogens with two attached hydrogens (primary N) is 1. The third-order valence-corrected chi connectivity index (χ3v) is 9.24. The third kappa shape index (κ3) is 31.9. The van der Waals surface area contributed by atoms with Crippen LogP contribution < -0.4 is 11.1 Å². The minimum absolute atomic E-state index is 0.0424. The number of carbonyl (C=O) groups is 1. The Morgan fingerprint density at radius 2 is 1.19 bits per heavy atom. The fourth-order valence-corrected chi connectivity index (χ4v) is 6.07. The highest BCUT2D eigenvalue weighted by atomic mass is 31.2. The average molecular weight is 701 g/mol. The second kappa shape index (κ2) is 34.1. The van der Waals surface area contributed by atoms with Gasteiger partial charge in [0.15, 0.2) is 0 Å². The van der Waals surface area contributed by atoms with Gasteiger partial charge in [-0.05, 0) is 38.5 Å². The van der Waals surface area contributed by atoms with E-state index in [1.165, 1.54) is 83.5 Å². The number of carbonyl (C=O) groups excluding carboxylic acids is 1. The van der Waals surface area contributed by atoms with Crippen LogP contribution in [0.3, 0.4) is 0 Å². The number of amides is 1. The molecule has 48 heavy (non-hydrogen) atoms. The van der Waals surface area contributed by atoms with Gasteiger partial charge in [-0.3, -0.25) is 13.8 Å². The van der Waals surface area contributed by atoms with Crippen molar-refractivity contribution in [2.24, 2.45) is 5.73 Å². The molecule has 1 amide bonds. The van der Waals surface area contributed by atoms with Gasteiger partial charge in [-0.1, -0.05) is 153 Å². The smallest absolute Gasteiger partial charge is 0.393 e. The first-order valence-electron chi connectivity index (χ1n) is 19.2. The van der Waals surface area contributed by atoms with E-state index in [0.717, 1.165) is 44.9 Å². The van der Waals surface area contributed by atoms with Gasteiger partial charge in [0.05, 0.1) is 37.9 Å². The average Bonchev–Trinajstić information content (AvgIpc) is 3.06. The van der Waals surface area contributed by atoms with Gasteiger partial charge in [-0.25, -0.2) is 4.57 Å². The number of phosphoric acid groups is 1. The quantitative estimate of drug-likeness (QED) is 0.0250. The number of nitrogens with one attached hydrogen (secondary N) is 1. The topological polar surface area (TPSA) is 151 Å². The Kier molecular flexibility index (Phi) is 33.2. The zero-order valence-corrected chi connectivity index (χ0v) is 31.5. The van der Waals surface area contributed by atoms with E-state index in [1.807, 2.05) is 6.08 Å². The first-order valence-corrected chi connectivity index (χ1v) is 20.7. The molecule has 4 unspecified atom stereocenters. The van der Waals surface area contributed by atoms with Crippen molar-refractivity contribution < 1.29 is 33.5 Å². The Hall–Kier alpha value is -1.32. The maximum Gasteiger partial charge on any atom is 0.472 e. The minimum Gasteiger partial charge on any atom is -0.393 e. The van der Waals surface area contributed by atoms with Crippen molar-refractivity contribution in [1.82, 2.24) is 5.32 Å². The molecule has 0 radical (unpaired) electrons. The predicted molar refractivity (Wildman–Crippen MR) is 200 cm³/mol. The summed E-state index contributed by atoms with van der Waals surface area (Å²) in [4.78, 5) is 22.6. The van der Waals surface area contributed by atoms with Crippen molar-refractivity contribution >= 4 is 13.7 Å². The van der Waals surface area contributed by atoms with Crippen molar-refractivity contribution in [2.75, 3.05) is 19.8 Å². The van der Waals surface area contributed by atoms with Crippen LogP contribution in [-0.2, 0) is 18.4 Å². The maximum absolute atomic E-state index is 12.7. The zero-order valence-electron chi connectivity index (χ0n) is 30.6. The van der Waals surface area contributed by atoms with Crippen LogP contribution in [0.5, 0.6) is 0 Å². The normalized spacial score (nSPS) is 15.4. The highest BCUT2D eigenvalue weighted by Crippen LogP contribution is 2.43. The van der Waals surface area contributed by atoms with Gasteiger partial charge in [0.1, 0.15) is 0 Å². The van der Waals surface area contributed by atoms with E-state index in [0.29, 0.717) is 12.8 Å². The highest BCUT2D eigenvalue weighted by molar-refractivity contribution is 7.47. The first kappa shape index (κ1) is 46.7. The summed E-state index contributed by atoms with van der Waals surface area (Å²) in [5.41, 5.74) is 5.34. The van der Waals surface area contributed by atoms with Gasteiger partial charge >= 0.3 is 7.82 Å². The molecule has 0 aromatic carbocycles. The van der Waals surface area contributed by atoms with Gasteiger partial charge in [-0.15, -0.1) is 0 Å². The molecule has 0 saturated heterocycles. The molecule has 0 heterocycles. The lowest BCUT2D eigenvalue weighted by Crippen LogP contribution is -2.46. The van der Waals surface area contributed by atoms with E-state index in [9.17, 15) is 24.5 Å². The van der Waals surface area contributed by atoms with Gasteiger partial charge in [0.2, 0.25) is 5.91 Å². The van der Waals surface area contributed by atoms with Crippen LogP contribution in [0.1, 0.15) is 162 Å². The van der Waals surface area contributed by atoms with Crippen molar-refractivity contribution in [2.45, 2.75) is 180 Å². The Balaban J connectivity index is 4.46. The lowest BCUT2D eigenvalue weighted by Gasteiger charge is -2.24. The molecule has 10 heteroatoms. The predicted octanol–water partition coefficient (Wildman–Crippen LogP) is 8.97. The number of hydrogen-bond donors (Lipinski definition) is 5. The molecule has 0 aromatic rings. The monoisotopic (exact) mass is 701 g/mol. The zero-order chi connectivity index (χ0) is 35.6. The van der Waals surface area contributed by atoms with Gasteiger partial charge < -0.3 is 26.2 Å². The van der Waals surface area contributed by atoms with E-state index in [4.69, 9.17) is 14.8 Å². The number of aliphatic hydroxyl groups excluding tert-OH is 2. The van der Waals surface area contributed by atoms with E-state index < -0.39 is 38.6 Å². The van der Waals surface area contributed by atoms with Crippen molar-refractivity contribution in [1.29, 1.82) is 0 Å². The lowest BCUT2D eigenvalue weighted by atomic mass is 10.0. The Bertz CT molecular complexity index is 868. The molecule has 9 nitrogen and oxygen atoms in total. The molecule has 0 fully saturated rings. The fraction of sp³-hybridized carbons (Fsp3) is 0.816. The Morgan fingerprint density at radius 1 is 0.708 bits per heavy atom. The van der Waals surface area contributed by atoms with Crippen LogP contribution in [0.25, 0.3) is 0 Å². The maximum atomic E-state index is 12.7. The van der Waals surface area contributed by atoms with Crippen molar-refractivity contribution in [3.63, 3.8) is 0 Å². The molecule has 6 N–H and O–H groups in total. The Labute approximate surface area is 293 Å². The molecule has 0 rings (SSSR count). The summed E-state index contributed by atoms with van der Waals surface area (Å²) in [5, 5.41) is 23.9. The fourth-order valence-electron chi connectivity index (χ4n) is 5.31. The number of rotatable bonds is 35. The van der Waals surface area contributed by atoms with Crippen molar-refractivity contribution in [3.05, 3.63) is 36.5 Å². The molecule has 0 aliphatic rings. The van der Waals surface area contributed by atoms with Crippen LogP contribution in [0, 0.1) is 0 Å². The van der Waals surface area contributed by atoms with E-state index in [2.05, 4.69) is 43.5 Å². The number of allylic oxidation sites excluding steroid dienone is 5. The molecule has 0 saturated carbocycles. The molecule has 282 valence electrons. The van der Waals surface area contributed by atoms with E-state index >= 15 is 0 Å². The number of unbranched alkanes of at least 4 members (excludes halogenated alkanes) is 17. The standard InChI is InChI=1S/C38H73N2O7P/c1-3-5-7-9-11-13-15-17-18-19-21-23-25-27-29-35(41)33-38(43)40-36(34-47-48(44,45)46-32-31-39)37(42)30-28-26-24-22-20-16-14-12-10-8-6-4-2/h10,12,20,22,28,30,35-37,41-42H,3-9,11,13-19,21,23-27,29,31-34,39H2,1-2H3,(H,40,43)(H,44,45)/b12-10+,22-20+,30-28+. The summed E-state index contributed by atoms with van der Waals surface area (Å²) >= 11 is 0. The van der Waals surface area contributed by atoms with Crippen molar-refractivity contribution in [3.8, 4) is 0 Å². The SMILES string of the molecule is CCCC/C=C/CC/C=C/CC/C=C/C(O)C(COP(=O)(O)OCCN)NC(=O)CC(O)CCCCCCCCCCCCCCCC. The largest absolute Gasteiger partial charge is 0.472 e. The Morgan fingerprint density at radius 3 is 1.71 bits per heavy atom. The van der Waals surface area contributed by atoms with Crippen LogP contribution in [0.15, 0.2) is 36.5 Å². The molecule has 0 aliphatic heterocycles. The molecular weight excluding hydrogens is 627 g/mol. The van der Waals surface area contributed by atoms with Gasteiger partial charge in [0.25, 0.3) is 0 Å². The summed E-state index contributed by atoms with van der Waals surface area (Å²) in [5.74, 6) is -0.462. The van der Waals surface area contributed by atoms with Crippen LogP contribution in [-0.4, -0.2) is 59.0 Å². The summed E-state index contributed by atoms with van der Waals surface area (Å²) in [6.45, 7) is 3.87. The molecule has 0 spiro atoms. The summed E-state index contributed by atoms with van der Waals surface area (Å²) in [6.07, 6.45) is 35.2. The molecule has 0 aliphatic carbocycles. The second-order valence-electron chi connectivity index (χ2n) is 13.0. The molecule has 0 bridgehead atoms. The number of phosphoric ester groups is 1. The molecular formula is C38H73N2O7P. The van der Waals surface area contributed by atoms with Crippen LogP contribution in [0.4, 0.5) is 0 Å². The molecule has 4 atom stereocenters.